The number of rotatable bonds is 5. The van der Waals surface area contributed by atoms with Crippen LogP contribution in [0.3, 0.4) is 0 Å². The van der Waals surface area contributed by atoms with E-state index in [2.05, 4.69) is 4.72 Å². The maximum absolute atomic E-state index is 12.3. The molecule has 18 heavy (non-hydrogen) atoms. The number of hydrogen-bond acceptors (Lipinski definition) is 4. The van der Waals surface area contributed by atoms with Gasteiger partial charge in [-0.05, 0) is 37.5 Å². The van der Waals surface area contributed by atoms with E-state index in [9.17, 15) is 8.42 Å². The quantitative estimate of drug-likeness (QED) is 0.695. The highest BCUT2D eigenvalue weighted by atomic mass is 32.2. The van der Waals surface area contributed by atoms with Gasteiger partial charge in [0.25, 0.3) is 0 Å². The van der Waals surface area contributed by atoms with Crippen molar-refractivity contribution in [2.45, 2.75) is 38.1 Å². The Hall–Kier alpha value is -1.11. The van der Waals surface area contributed by atoms with Crippen molar-refractivity contribution in [1.82, 2.24) is 4.72 Å². The molecule has 1 aromatic rings. The van der Waals surface area contributed by atoms with Crippen molar-refractivity contribution < 1.29 is 13.5 Å². The summed E-state index contributed by atoms with van der Waals surface area (Å²) in [6, 6.07) is 2.87. The molecule has 1 rings (SSSR count). The van der Waals surface area contributed by atoms with E-state index in [1.807, 2.05) is 6.92 Å². The van der Waals surface area contributed by atoms with E-state index in [0.717, 1.165) is 5.56 Å². The average Bonchev–Trinajstić information content (AvgIpc) is 2.31. The number of anilines is 1. The first kappa shape index (κ1) is 14.9. The summed E-state index contributed by atoms with van der Waals surface area (Å²) in [5.74, 6) is 0. The Bertz CT molecular complexity index is 522. The van der Waals surface area contributed by atoms with Gasteiger partial charge in [0.1, 0.15) is 4.90 Å². The van der Waals surface area contributed by atoms with Crippen LogP contribution in [0.4, 0.5) is 5.69 Å². The predicted octanol–water partition coefficient (Wildman–Crippen LogP) is 0.935. The van der Waals surface area contributed by atoms with Gasteiger partial charge in [-0.25, -0.2) is 13.1 Å². The predicted molar refractivity (Wildman–Crippen MR) is 71.8 cm³/mol. The highest BCUT2D eigenvalue weighted by molar-refractivity contribution is 7.89. The smallest absolute Gasteiger partial charge is 0.243 e. The van der Waals surface area contributed by atoms with Gasteiger partial charge in [-0.2, -0.15) is 0 Å². The minimum atomic E-state index is -3.70. The van der Waals surface area contributed by atoms with E-state index in [-0.39, 0.29) is 17.2 Å². The second kappa shape index (κ2) is 5.69. The molecule has 1 atom stereocenters. The van der Waals surface area contributed by atoms with Crippen LogP contribution in [-0.2, 0) is 10.0 Å². The summed E-state index contributed by atoms with van der Waals surface area (Å²) in [6.07, 6.45) is 0.514. The number of aliphatic hydroxyl groups is 1. The maximum atomic E-state index is 12.3. The lowest BCUT2D eigenvalue weighted by molar-refractivity contribution is 0.254. The Morgan fingerprint density at radius 1 is 1.39 bits per heavy atom. The Balaban J connectivity index is 3.25. The molecule has 0 heterocycles. The number of hydrogen-bond donors (Lipinski definition) is 3. The van der Waals surface area contributed by atoms with Gasteiger partial charge in [-0.15, -0.1) is 0 Å². The van der Waals surface area contributed by atoms with E-state index in [4.69, 9.17) is 10.8 Å². The number of aliphatic hydroxyl groups excluding tert-OH is 1. The fourth-order valence-corrected chi connectivity index (χ4v) is 3.44. The molecule has 102 valence electrons. The van der Waals surface area contributed by atoms with E-state index in [1.165, 1.54) is 0 Å². The van der Waals surface area contributed by atoms with Crippen LogP contribution in [0.1, 0.15) is 24.5 Å². The van der Waals surface area contributed by atoms with Gasteiger partial charge in [-0.1, -0.05) is 13.0 Å². The number of nitrogen functional groups attached to an aromatic ring is 1. The second-order valence-corrected chi connectivity index (χ2v) is 5.99. The lowest BCUT2D eigenvalue weighted by Gasteiger charge is -2.17. The van der Waals surface area contributed by atoms with Gasteiger partial charge in [0.15, 0.2) is 0 Å². The average molecular weight is 272 g/mol. The Kier molecular flexibility index (Phi) is 4.72. The number of benzene rings is 1. The molecule has 5 nitrogen and oxygen atoms in total. The molecule has 0 bridgehead atoms. The molecule has 0 unspecified atom stereocenters. The molecule has 0 spiro atoms. The highest BCUT2D eigenvalue weighted by Gasteiger charge is 2.23. The molecule has 0 aliphatic heterocycles. The third-order valence-corrected chi connectivity index (χ3v) is 4.73. The van der Waals surface area contributed by atoms with E-state index < -0.39 is 16.1 Å². The summed E-state index contributed by atoms with van der Waals surface area (Å²) >= 11 is 0. The Labute approximate surface area is 108 Å². The summed E-state index contributed by atoms with van der Waals surface area (Å²) in [6.45, 7) is 5.12. The molecule has 1 aromatic carbocycles. The lowest BCUT2D eigenvalue weighted by Crippen LogP contribution is -2.37. The molecule has 0 radical (unpaired) electrons. The van der Waals surface area contributed by atoms with Crippen LogP contribution in [0, 0.1) is 13.8 Å². The molecule has 4 N–H and O–H groups in total. The van der Waals surface area contributed by atoms with Crippen LogP contribution in [-0.4, -0.2) is 26.2 Å². The standard InChI is InChI=1S/C12H20N2O3S/c1-4-10(7-15)14-18(16,17)12-9(3)8(2)5-6-11(12)13/h5-6,10,14-15H,4,7,13H2,1-3H3/t10-/m1/s1. The van der Waals surface area contributed by atoms with Crippen molar-refractivity contribution in [3.8, 4) is 0 Å². The first-order valence-corrected chi connectivity index (χ1v) is 7.30. The van der Waals surface area contributed by atoms with E-state index in [1.54, 1.807) is 26.0 Å². The zero-order valence-electron chi connectivity index (χ0n) is 10.9. The number of sulfonamides is 1. The van der Waals surface area contributed by atoms with Gasteiger partial charge >= 0.3 is 0 Å². The molecule has 0 saturated carbocycles. The van der Waals surface area contributed by atoms with E-state index in [0.29, 0.717) is 12.0 Å². The summed E-state index contributed by atoms with van der Waals surface area (Å²) in [4.78, 5) is 0.106. The van der Waals surface area contributed by atoms with Gasteiger partial charge in [0.05, 0.1) is 12.3 Å². The van der Waals surface area contributed by atoms with Crippen LogP contribution in [0.2, 0.25) is 0 Å². The Morgan fingerprint density at radius 3 is 2.50 bits per heavy atom. The summed E-state index contributed by atoms with van der Waals surface area (Å²) < 4.78 is 27.0. The van der Waals surface area contributed by atoms with Crippen LogP contribution in [0.15, 0.2) is 17.0 Å². The number of nitrogens with one attached hydrogen (secondary N) is 1. The van der Waals surface area contributed by atoms with Crippen LogP contribution >= 0.6 is 0 Å². The first-order chi connectivity index (χ1) is 8.33. The van der Waals surface area contributed by atoms with Crippen molar-refractivity contribution >= 4 is 15.7 Å². The van der Waals surface area contributed by atoms with Crippen molar-refractivity contribution in [3.63, 3.8) is 0 Å². The van der Waals surface area contributed by atoms with E-state index >= 15 is 0 Å². The maximum Gasteiger partial charge on any atom is 0.243 e. The summed E-state index contributed by atoms with van der Waals surface area (Å²) in [7, 11) is -3.70. The minimum Gasteiger partial charge on any atom is -0.398 e. The van der Waals surface area contributed by atoms with Crippen molar-refractivity contribution in [2.75, 3.05) is 12.3 Å². The summed E-state index contributed by atoms with van der Waals surface area (Å²) in [5, 5.41) is 9.07. The highest BCUT2D eigenvalue weighted by Crippen LogP contribution is 2.25. The first-order valence-electron chi connectivity index (χ1n) is 5.82. The lowest BCUT2D eigenvalue weighted by atomic mass is 10.1. The normalized spacial score (nSPS) is 13.6. The summed E-state index contributed by atoms with van der Waals surface area (Å²) in [5.41, 5.74) is 7.47. The third kappa shape index (κ3) is 3.01. The van der Waals surface area contributed by atoms with Gasteiger partial charge in [-0.3, -0.25) is 0 Å². The van der Waals surface area contributed by atoms with Crippen molar-refractivity contribution in [2.24, 2.45) is 0 Å². The molecule has 0 fully saturated rings. The molecular weight excluding hydrogens is 252 g/mol. The van der Waals surface area contributed by atoms with Crippen LogP contribution in [0.25, 0.3) is 0 Å². The molecule has 6 heteroatoms. The number of nitrogens with two attached hydrogens (primary N) is 1. The van der Waals surface area contributed by atoms with Crippen molar-refractivity contribution in [1.29, 1.82) is 0 Å². The molecular formula is C12H20N2O3S. The third-order valence-electron chi connectivity index (χ3n) is 3.01. The van der Waals surface area contributed by atoms with Crippen LogP contribution < -0.4 is 10.5 Å². The minimum absolute atomic E-state index is 0.106. The van der Waals surface area contributed by atoms with Gasteiger partial charge in [0, 0.05) is 6.04 Å². The van der Waals surface area contributed by atoms with Gasteiger partial charge < -0.3 is 10.8 Å². The molecule has 0 aliphatic carbocycles. The molecule has 0 saturated heterocycles. The fourth-order valence-electron chi connectivity index (χ4n) is 1.70. The van der Waals surface area contributed by atoms with Gasteiger partial charge in [0.2, 0.25) is 10.0 Å². The SMILES string of the molecule is CC[C@H](CO)NS(=O)(=O)c1c(N)ccc(C)c1C. The van der Waals surface area contributed by atoms with Crippen molar-refractivity contribution in [3.05, 3.63) is 23.3 Å². The molecule has 0 amide bonds. The monoisotopic (exact) mass is 272 g/mol. The number of aryl methyl sites for hydroxylation is 1. The molecule has 0 aliphatic rings. The second-order valence-electron chi connectivity index (χ2n) is 4.33. The van der Waals surface area contributed by atoms with Crippen LogP contribution in [0.5, 0.6) is 0 Å². The Morgan fingerprint density at radius 2 is 2.00 bits per heavy atom. The fraction of sp³-hybridized carbons (Fsp3) is 0.500. The molecule has 0 aromatic heterocycles. The zero-order valence-corrected chi connectivity index (χ0v) is 11.7. The largest absolute Gasteiger partial charge is 0.398 e. The topological polar surface area (TPSA) is 92.4 Å². The zero-order chi connectivity index (χ0) is 13.9.